The van der Waals surface area contributed by atoms with Crippen molar-refractivity contribution in [3.8, 4) is 5.75 Å². The molecular weight excluding hydrogens is 316 g/mol. The second kappa shape index (κ2) is 5.79. The largest absolute Gasteiger partial charge is 0.507 e. The molecule has 0 spiro atoms. The topological polar surface area (TPSA) is 99.3 Å². The molecule has 0 saturated heterocycles. The predicted molar refractivity (Wildman–Crippen MR) is 86.0 cm³/mol. The zero-order valence-electron chi connectivity index (χ0n) is 11.8. The lowest BCUT2D eigenvalue weighted by Gasteiger charge is -2.07. The summed E-state index contributed by atoms with van der Waals surface area (Å²) in [5, 5.41) is 18.6. The summed E-state index contributed by atoms with van der Waals surface area (Å²) >= 11 is 0. The van der Waals surface area contributed by atoms with Gasteiger partial charge in [-0.3, -0.25) is 4.55 Å². The number of benzene rings is 3. The molecule has 0 atom stereocenters. The first kappa shape index (κ1) is 15.1. The van der Waals surface area contributed by atoms with Crippen LogP contribution >= 0.6 is 0 Å². The van der Waals surface area contributed by atoms with Crippen LogP contribution in [-0.2, 0) is 10.1 Å². The fourth-order valence-corrected chi connectivity index (χ4v) is 2.94. The van der Waals surface area contributed by atoms with Crippen molar-refractivity contribution in [3.05, 3.63) is 60.7 Å². The van der Waals surface area contributed by atoms with Crippen LogP contribution in [0.15, 0.2) is 75.8 Å². The molecule has 3 aromatic rings. The smallest absolute Gasteiger partial charge is 0.295 e. The molecule has 23 heavy (non-hydrogen) atoms. The van der Waals surface area contributed by atoms with E-state index in [1.807, 2.05) is 18.2 Å². The zero-order chi connectivity index (χ0) is 16.4. The highest BCUT2D eigenvalue weighted by Crippen LogP contribution is 2.37. The minimum absolute atomic E-state index is 0.144. The number of phenolic OH excluding ortho intramolecular Hbond substituents is 1. The van der Waals surface area contributed by atoms with E-state index in [1.54, 1.807) is 12.1 Å². The molecule has 7 heteroatoms. The summed E-state index contributed by atoms with van der Waals surface area (Å²) in [6.45, 7) is 0. The van der Waals surface area contributed by atoms with E-state index in [2.05, 4.69) is 10.2 Å². The molecule has 0 saturated carbocycles. The van der Waals surface area contributed by atoms with Gasteiger partial charge in [-0.05, 0) is 30.3 Å². The van der Waals surface area contributed by atoms with E-state index in [0.717, 1.165) is 0 Å². The van der Waals surface area contributed by atoms with Crippen molar-refractivity contribution in [2.45, 2.75) is 4.90 Å². The molecule has 0 heterocycles. The highest BCUT2D eigenvalue weighted by Gasteiger charge is 2.17. The maximum Gasteiger partial charge on any atom is 0.295 e. The number of aromatic hydroxyl groups is 1. The second-order valence-electron chi connectivity index (χ2n) is 4.79. The molecule has 0 aliphatic rings. The Kier molecular flexibility index (Phi) is 3.81. The van der Waals surface area contributed by atoms with Crippen LogP contribution in [-0.4, -0.2) is 18.1 Å². The second-order valence-corrected chi connectivity index (χ2v) is 6.18. The Balaban J connectivity index is 2.22. The van der Waals surface area contributed by atoms with Crippen LogP contribution in [0, 0.1) is 0 Å². The first-order valence-corrected chi connectivity index (χ1v) is 8.10. The summed E-state index contributed by atoms with van der Waals surface area (Å²) in [7, 11) is -4.41. The van der Waals surface area contributed by atoms with Crippen LogP contribution in [0.25, 0.3) is 10.8 Å². The number of hydrogen-bond acceptors (Lipinski definition) is 5. The van der Waals surface area contributed by atoms with Gasteiger partial charge >= 0.3 is 0 Å². The lowest BCUT2D eigenvalue weighted by Crippen LogP contribution is -1.98. The Bertz CT molecular complexity index is 999. The van der Waals surface area contributed by atoms with Gasteiger partial charge in [-0.25, -0.2) is 0 Å². The van der Waals surface area contributed by atoms with Gasteiger partial charge in [0.2, 0.25) is 0 Å². The van der Waals surface area contributed by atoms with Gasteiger partial charge in [-0.2, -0.15) is 13.5 Å². The number of fused-ring (bicyclic) bond motifs is 1. The Morgan fingerprint density at radius 2 is 1.57 bits per heavy atom. The Morgan fingerprint density at radius 1 is 0.826 bits per heavy atom. The van der Waals surface area contributed by atoms with Gasteiger partial charge in [0, 0.05) is 5.39 Å². The van der Waals surface area contributed by atoms with Crippen LogP contribution in [0.4, 0.5) is 11.4 Å². The highest BCUT2D eigenvalue weighted by molar-refractivity contribution is 7.86. The van der Waals surface area contributed by atoms with Gasteiger partial charge in [0.15, 0.2) is 0 Å². The quantitative estimate of drug-likeness (QED) is 0.555. The SMILES string of the molecule is O=S(=O)(O)c1ccc(N=Nc2ccccc2)c2c(O)cccc12. The maximum atomic E-state index is 11.5. The van der Waals surface area contributed by atoms with E-state index in [0.29, 0.717) is 11.4 Å². The average molecular weight is 328 g/mol. The summed E-state index contributed by atoms with van der Waals surface area (Å²) in [6.07, 6.45) is 0. The summed E-state index contributed by atoms with van der Waals surface area (Å²) in [6, 6.07) is 16.0. The first-order chi connectivity index (χ1) is 11.0. The van der Waals surface area contributed by atoms with E-state index < -0.39 is 10.1 Å². The van der Waals surface area contributed by atoms with Crippen LogP contribution < -0.4 is 0 Å². The average Bonchev–Trinajstić information content (AvgIpc) is 2.52. The summed E-state index contributed by atoms with van der Waals surface area (Å²) in [4.78, 5) is -0.290. The van der Waals surface area contributed by atoms with E-state index in [9.17, 15) is 18.1 Å². The van der Waals surface area contributed by atoms with Gasteiger partial charge in [-0.1, -0.05) is 30.3 Å². The highest BCUT2D eigenvalue weighted by atomic mass is 32.2. The number of phenols is 1. The number of rotatable bonds is 3. The summed E-state index contributed by atoms with van der Waals surface area (Å²) in [5.41, 5.74) is 0.921. The van der Waals surface area contributed by atoms with Crippen LogP contribution in [0.5, 0.6) is 5.75 Å². The van der Waals surface area contributed by atoms with Gasteiger partial charge < -0.3 is 5.11 Å². The summed E-state index contributed by atoms with van der Waals surface area (Å²) in [5.74, 6) is -0.144. The van der Waals surface area contributed by atoms with Crippen molar-refractivity contribution < 1.29 is 18.1 Å². The molecular formula is C16H12N2O4S. The third-order valence-electron chi connectivity index (χ3n) is 3.26. The van der Waals surface area contributed by atoms with E-state index in [1.165, 1.54) is 30.3 Å². The molecule has 0 amide bonds. The lowest BCUT2D eigenvalue weighted by atomic mass is 10.1. The molecule has 2 N–H and O–H groups in total. The minimum atomic E-state index is -4.41. The van der Waals surface area contributed by atoms with E-state index in [-0.39, 0.29) is 21.4 Å². The molecule has 3 rings (SSSR count). The molecule has 0 radical (unpaired) electrons. The van der Waals surface area contributed by atoms with E-state index in [4.69, 9.17) is 0 Å². The molecule has 0 aromatic heterocycles. The maximum absolute atomic E-state index is 11.5. The monoisotopic (exact) mass is 328 g/mol. The number of azo groups is 1. The van der Waals surface area contributed by atoms with Gasteiger partial charge in [0.25, 0.3) is 10.1 Å². The van der Waals surface area contributed by atoms with E-state index >= 15 is 0 Å². The molecule has 3 aromatic carbocycles. The predicted octanol–water partition coefficient (Wildman–Crippen LogP) is 4.21. The molecule has 116 valence electrons. The van der Waals surface area contributed by atoms with Crippen molar-refractivity contribution in [1.82, 2.24) is 0 Å². The van der Waals surface area contributed by atoms with Gasteiger partial charge in [0.05, 0.1) is 16.8 Å². The lowest BCUT2D eigenvalue weighted by molar-refractivity contribution is 0.481. The first-order valence-electron chi connectivity index (χ1n) is 6.66. The van der Waals surface area contributed by atoms with Crippen molar-refractivity contribution in [3.63, 3.8) is 0 Å². The van der Waals surface area contributed by atoms with Crippen LogP contribution in [0.1, 0.15) is 0 Å². The Labute approximate surface area is 132 Å². The van der Waals surface area contributed by atoms with Crippen LogP contribution in [0.3, 0.4) is 0 Å². The zero-order valence-corrected chi connectivity index (χ0v) is 12.6. The number of hydrogen-bond donors (Lipinski definition) is 2. The fourth-order valence-electron chi connectivity index (χ4n) is 2.26. The Morgan fingerprint density at radius 3 is 2.26 bits per heavy atom. The minimum Gasteiger partial charge on any atom is -0.507 e. The van der Waals surface area contributed by atoms with Crippen LogP contribution in [0.2, 0.25) is 0 Å². The summed E-state index contributed by atoms with van der Waals surface area (Å²) < 4.78 is 32.3. The van der Waals surface area contributed by atoms with Gasteiger partial charge in [0.1, 0.15) is 10.6 Å². The third-order valence-corrected chi connectivity index (χ3v) is 4.18. The standard InChI is InChI=1S/C16H12N2O4S/c19-14-8-4-7-12-15(23(20,21)22)10-9-13(16(12)14)18-17-11-5-2-1-3-6-11/h1-10,19H,(H,20,21,22). The molecule has 0 aliphatic heterocycles. The van der Waals surface area contributed by atoms with Crippen molar-refractivity contribution >= 4 is 32.3 Å². The fraction of sp³-hybridized carbons (Fsp3) is 0. The van der Waals surface area contributed by atoms with Crippen molar-refractivity contribution in [2.75, 3.05) is 0 Å². The van der Waals surface area contributed by atoms with Crippen molar-refractivity contribution in [1.29, 1.82) is 0 Å². The Hall–Kier alpha value is -2.77. The van der Waals surface area contributed by atoms with Crippen molar-refractivity contribution in [2.24, 2.45) is 10.2 Å². The molecule has 0 bridgehead atoms. The molecule has 0 unspecified atom stereocenters. The number of nitrogens with zero attached hydrogens (tertiary/aromatic N) is 2. The molecule has 0 fully saturated rings. The van der Waals surface area contributed by atoms with Gasteiger partial charge in [-0.15, -0.1) is 5.11 Å². The molecule has 0 aliphatic carbocycles. The third kappa shape index (κ3) is 3.05. The normalized spacial score (nSPS) is 12.0. The molecule has 6 nitrogen and oxygen atoms in total.